The summed E-state index contributed by atoms with van der Waals surface area (Å²) >= 11 is 0. The zero-order chi connectivity index (χ0) is 17.6. The van der Waals surface area contributed by atoms with Gasteiger partial charge in [0.2, 0.25) is 6.41 Å². The number of rotatable bonds is 6. The van der Waals surface area contributed by atoms with Gasteiger partial charge in [0.1, 0.15) is 18.0 Å². The van der Waals surface area contributed by atoms with Crippen LogP contribution in [0, 0.1) is 0 Å². The van der Waals surface area contributed by atoms with Crippen LogP contribution >= 0.6 is 0 Å². The molecule has 1 aliphatic heterocycles. The Labute approximate surface area is 148 Å². The van der Waals surface area contributed by atoms with Crippen molar-refractivity contribution in [3.63, 3.8) is 0 Å². The average molecular weight is 340 g/mol. The van der Waals surface area contributed by atoms with Gasteiger partial charge >= 0.3 is 0 Å². The highest BCUT2D eigenvalue weighted by Crippen LogP contribution is 2.22. The summed E-state index contributed by atoms with van der Waals surface area (Å²) in [4.78, 5) is 25.4. The number of carbonyl (C=O) groups excluding carboxylic acids is 1. The van der Waals surface area contributed by atoms with Crippen LogP contribution in [0.5, 0.6) is 0 Å². The Morgan fingerprint density at radius 1 is 1.16 bits per heavy atom. The average Bonchev–Trinajstić information content (AvgIpc) is 2.68. The summed E-state index contributed by atoms with van der Waals surface area (Å²) in [6, 6.07) is 10.1. The first-order chi connectivity index (χ1) is 12.2. The van der Waals surface area contributed by atoms with Gasteiger partial charge in [-0.2, -0.15) is 0 Å². The zero-order valence-electron chi connectivity index (χ0n) is 14.7. The fraction of sp³-hybridized carbons (Fsp3) is 0.389. The van der Waals surface area contributed by atoms with Crippen LogP contribution in [0.15, 0.2) is 36.7 Å². The van der Waals surface area contributed by atoms with Gasteiger partial charge in [0.05, 0.1) is 0 Å². The van der Waals surface area contributed by atoms with Crippen molar-refractivity contribution in [3.05, 3.63) is 36.7 Å². The molecule has 0 aliphatic carbocycles. The molecule has 1 aliphatic rings. The van der Waals surface area contributed by atoms with E-state index in [0.717, 1.165) is 44.8 Å². The van der Waals surface area contributed by atoms with E-state index in [2.05, 4.69) is 44.1 Å². The Morgan fingerprint density at radius 3 is 2.52 bits per heavy atom. The van der Waals surface area contributed by atoms with Crippen LogP contribution in [0.2, 0.25) is 0 Å². The van der Waals surface area contributed by atoms with Gasteiger partial charge in [-0.25, -0.2) is 9.97 Å². The number of amides is 1. The molecule has 1 amide bonds. The second-order valence-corrected chi connectivity index (χ2v) is 6.07. The van der Waals surface area contributed by atoms with Crippen molar-refractivity contribution in [3.8, 4) is 0 Å². The fourth-order valence-electron chi connectivity index (χ4n) is 2.89. The van der Waals surface area contributed by atoms with E-state index in [1.807, 2.05) is 12.1 Å². The summed E-state index contributed by atoms with van der Waals surface area (Å²) in [6.07, 6.45) is 2.17. The monoisotopic (exact) mass is 340 g/mol. The molecule has 0 atom stereocenters. The third-order valence-electron chi connectivity index (χ3n) is 4.50. The van der Waals surface area contributed by atoms with E-state index in [0.29, 0.717) is 11.6 Å². The Bertz CT molecular complexity index is 697. The maximum atomic E-state index is 10.8. The SMILES string of the molecule is CCN1CCN(c2ccc(Nc3cc(N(C)C=O)ncn3)cc2)CC1. The zero-order valence-corrected chi connectivity index (χ0v) is 14.7. The lowest BCUT2D eigenvalue weighted by Crippen LogP contribution is -2.46. The Balaban J connectivity index is 1.64. The maximum absolute atomic E-state index is 10.8. The molecule has 0 radical (unpaired) electrons. The minimum atomic E-state index is 0.554. The predicted molar refractivity (Wildman–Crippen MR) is 101 cm³/mol. The second-order valence-electron chi connectivity index (χ2n) is 6.07. The lowest BCUT2D eigenvalue weighted by molar-refractivity contribution is -0.107. The molecule has 25 heavy (non-hydrogen) atoms. The van der Waals surface area contributed by atoms with Crippen LogP contribution in [0.3, 0.4) is 0 Å². The van der Waals surface area contributed by atoms with Gasteiger partial charge in [0.15, 0.2) is 0 Å². The van der Waals surface area contributed by atoms with E-state index in [1.54, 1.807) is 13.1 Å². The number of anilines is 4. The predicted octanol–water partition coefficient (Wildman–Crippen LogP) is 1.95. The molecule has 1 aromatic heterocycles. The highest BCUT2D eigenvalue weighted by molar-refractivity contribution is 5.73. The molecular weight excluding hydrogens is 316 g/mol. The first-order valence-electron chi connectivity index (χ1n) is 8.54. The van der Waals surface area contributed by atoms with Crippen LogP contribution < -0.4 is 15.1 Å². The second kappa shape index (κ2) is 7.94. The lowest BCUT2D eigenvalue weighted by Gasteiger charge is -2.35. The molecule has 0 unspecified atom stereocenters. The summed E-state index contributed by atoms with van der Waals surface area (Å²) in [6.45, 7) is 7.69. The molecular formula is C18H24N6O. The molecule has 0 bridgehead atoms. The summed E-state index contributed by atoms with van der Waals surface area (Å²) in [7, 11) is 1.66. The summed E-state index contributed by atoms with van der Waals surface area (Å²) in [5.74, 6) is 1.21. The first-order valence-corrected chi connectivity index (χ1v) is 8.54. The molecule has 3 rings (SSSR count). The largest absolute Gasteiger partial charge is 0.369 e. The summed E-state index contributed by atoms with van der Waals surface area (Å²) < 4.78 is 0. The van der Waals surface area contributed by atoms with Gasteiger partial charge < -0.3 is 20.0 Å². The van der Waals surface area contributed by atoms with E-state index in [-0.39, 0.29) is 0 Å². The number of piperazine rings is 1. The van der Waals surface area contributed by atoms with Crippen LogP contribution in [0.25, 0.3) is 0 Å². The van der Waals surface area contributed by atoms with Gasteiger partial charge in [-0.15, -0.1) is 0 Å². The van der Waals surface area contributed by atoms with E-state index >= 15 is 0 Å². The Kier molecular flexibility index (Phi) is 5.45. The third-order valence-corrected chi connectivity index (χ3v) is 4.50. The van der Waals surface area contributed by atoms with Crippen LogP contribution in [0.1, 0.15) is 6.92 Å². The van der Waals surface area contributed by atoms with Crippen molar-refractivity contribution in [1.29, 1.82) is 0 Å². The van der Waals surface area contributed by atoms with Crippen molar-refractivity contribution in [2.45, 2.75) is 6.92 Å². The molecule has 0 spiro atoms. The molecule has 1 saturated heterocycles. The van der Waals surface area contributed by atoms with Crippen LogP contribution in [0.4, 0.5) is 23.0 Å². The fourth-order valence-corrected chi connectivity index (χ4v) is 2.89. The van der Waals surface area contributed by atoms with Gasteiger partial charge in [0, 0.05) is 50.7 Å². The van der Waals surface area contributed by atoms with E-state index in [4.69, 9.17) is 0 Å². The van der Waals surface area contributed by atoms with E-state index in [1.165, 1.54) is 16.9 Å². The minimum Gasteiger partial charge on any atom is -0.369 e. The number of nitrogens with zero attached hydrogens (tertiary/aromatic N) is 5. The Morgan fingerprint density at radius 2 is 1.88 bits per heavy atom. The maximum Gasteiger partial charge on any atom is 0.215 e. The number of hydrogen-bond donors (Lipinski definition) is 1. The number of hydrogen-bond acceptors (Lipinski definition) is 6. The topological polar surface area (TPSA) is 64.6 Å². The van der Waals surface area contributed by atoms with Gasteiger partial charge in [-0.3, -0.25) is 4.79 Å². The molecule has 1 N–H and O–H groups in total. The number of nitrogens with one attached hydrogen (secondary N) is 1. The van der Waals surface area contributed by atoms with E-state index < -0.39 is 0 Å². The van der Waals surface area contributed by atoms with Crippen molar-refractivity contribution in [1.82, 2.24) is 14.9 Å². The summed E-state index contributed by atoms with van der Waals surface area (Å²) in [5, 5.41) is 3.25. The van der Waals surface area contributed by atoms with Gasteiger partial charge in [0.25, 0.3) is 0 Å². The number of aromatic nitrogens is 2. The van der Waals surface area contributed by atoms with Crippen LogP contribution in [-0.4, -0.2) is 61.0 Å². The standard InChI is InChI=1S/C18H24N6O/c1-3-23-8-10-24(11-9-23)16-6-4-15(5-7-16)21-17-12-18(20-13-19-17)22(2)14-25/h4-7,12-14H,3,8-11H2,1-2H3,(H,19,20,21). The molecule has 1 aromatic carbocycles. The molecule has 2 heterocycles. The highest BCUT2D eigenvalue weighted by Gasteiger charge is 2.15. The molecule has 1 fully saturated rings. The van der Waals surface area contributed by atoms with Gasteiger partial charge in [-0.1, -0.05) is 6.92 Å². The third kappa shape index (κ3) is 4.24. The number of benzene rings is 1. The summed E-state index contributed by atoms with van der Waals surface area (Å²) in [5.41, 5.74) is 2.19. The van der Waals surface area contributed by atoms with Gasteiger partial charge in [-0.05, 0) is 30.8 Å². The normalized spacial score (nSPS) is 15.0. The molecule has 7 nitrogen and oxygen atoms in total. The first kappa shape index (κ1) is 17.2. The smallest absolute Gasteiger partial charge is 0.215 e. The number of likely N-dealkylation sites (N-methyl/N-ethyl adjacent to an activating group) is 1. The number of carbonyl (C=O) groups is 1. The molecule has 2 aromatic rings. The molecule has 0 saturated carbocycles. The quantitative estimate of drug-likeness (QED) is 0.811. The Hall–Kier alpha value is -2.67. The van der Waals surface area contributed by atoms with Crippen molar-refractivity contribution < 1.29 is 4.79 Å². The molecule has 7 heteroatoms. The van der Waals surface area contributed by atoms with Crippen LogP contribution in [-0.2, 0) is 4.79 Å². The van der Waals surface area contributed by atoms with Crippen molar-refractivity contribution >= 4 is 29.4 Å². The lowest BCUT2D eigenvalue weighted by atomic mass is 10.2. The highest BCUT2D eigenvalue weighted by atomic mass is 16.1. The van der Waals surface area contributed by atoms with E-state index in [9.17, 15) is 4.79 Å². The van der Waals surface area contributed by atoms with Crippen molar-refractivity contribution in [2.75, 3.05) is 54.9 Å². The molecule has 132 valence electrons. The minimum absolute atomic E-state index is 0.554. The van der Waals surface area contributed by atoms with Crippen molar-refractivity contribution in [2.24, 2.45) is 0 Å².